The molecule has 0 unspecified atom stereocenters. The van der Waals surface area contributed by atoms with Gasteiger partial charge in [0.15, 0.2) is 23.3 Å². The summed E-state index contributed by atoms with van der Waals surface area (Å²) < 4.78 is 12.4. The van der Waals surface area contributed by atoms with Gasteiger partial charge in [0.2, 0.25) is 0 Å². The highest BCUT2D eigenvalue weighted by Gasteiger charge is 2.07. The molecule has 2 aromatic carbocycles. The Kier molecular flexibility index (Phi) is 7.61. The lowest BCUT2D eigenvalue weighted by Crippen LogP contribution is -2.17. The van der Waals surface area contributed by atoms with E-state index in [4.69, 9.17) is 14.7 Å². The lowest BCUT2D eigenvalue weighted by atomic mass is 10.1. The van der Waals surface area contributed by atoms with Crippen LogP contribution in [0.5, 0.6) is 11.5 Å². The first kappa shape index (κ1) is 21.9. The molecular formula is C21H20N6O3S. The number of hydrogen-bond acceptors (Lipinski definition) is 8. The van der Waals surface area contributed by atoms with Crippen molar-refractivity contribution in [1.82, 2.24) is 20.2 Å². The number of carbonyl (C=O) groups excluding carboxylic acids is 1. The van der Waals surface area contributed by atoms with Crippen LogP contribution in [0.1, 0.15) is 21.5 Å². The Balaban J connectivity index is 1.54. The second-order valence-electron chi connectivity index (χ2n) is 6.27. The van der Waals surface area contributed by atoms with Crippen molar-refractivity contribution in [3.05, 3.63) is 65.5 Å². The number of methoxy groups -OCH3 is 1. The summed E-state index contributed by atoms with van der Waals surface area (Å²) in [5.74, 6) is 1.34. The fourth-order valence-corrected chi connectivity index (χ4v) is 3.37. The van der Waals surface area contributed by atoms with Gasteiger partial charge < -0.3 is 14.0 Å². The number of nitriles is 1. The molecule has 3 aromatic rings. The van der Waals surface area contributed by atoms with Crippen LogP contribution >= 0.6 is 11.8 Å². The molecule has 0 radical (unpaired) electrons. The first-order chi connectivity index (χ1) is 15.1. The van der Waals surface area contributed by atoms with Gasteiger partial charge in [-0.05, 0) is 41.5 Å². The number of ether oxygens (including phenoxy) is 2. The van der Waals surface area contributed by atoms with E-state index in [1.807, 2.05) is 29.8 Å². The third-order valence-corrected chi connectivity index (χ3v) is 5.22. The lowest BCUT2D eigenvalue weighted by Gasteiger charge is -2.08. The van der Waals surface area contributed by atoms with Gasteiger partial charge in [-0.3, -0.25) is 4.79 Å². The summed E-state index contributed by atoms with van der Waals surface area (Å²) in [6, 6.07) is 14.3. The normalized spacial score (nSPS) is 10.6. The van der Waals surface area contributed by atoms with E-state index in [0.29, 0.717) is 22.6 Å². The SMILES string of the molecule is COc1cc(/C=N/NC(=O)c2ccc(CSc3nncn3C)cc2)ccc1OCC#N. The predicted molar refractivity (Wildman–Crippen MR) is 116 cm³/mol. The van der Waals surface area contributed by atoms with Crippen molar-refractivity contribution in [3.63, 3.8) is 0 Å². The van der Waals surface area contributed by atoms with Crippen LogP contribution < -0.4 is 14.9 Å². The molecule has 1 amide bonds. The average Bonchev–Trinajstić information content (AvgIpc) is 3.21. The average molecular weight is 436 g/mol. The van der Waals surface area contributed by atoms with Crippen LogP contribution in [0, 0.1) is 11.3 Å². The molecule has 1 aromatic heterocycles. The molecule has 0 atom stereocenters. The van der Waals surface area contributed by atoms with E-state index in [9.17, 15) is 4.79 Å². The van der Waals surface area contributed by atoms with Crippen molar-refractivity contribution in [2.75, 3.05) is 13.7 Å². The lowest BCUT2D eigenvalue weighted by molar-refractivity contribution is 0.0955. The van der Waals surface area contributed by atoms with Gasteiger partial charge in [0.25, 0.3) is 5.91 Å². The van der Waals surface area contributed by atoms with Crippen LogP contribution in [0.2, 0.25) is 0 Å². The van der Waals surface area contributed by atoms with Gasteiger partial charge in [0.1, 0.15) is 12.4 Å². The van der Waals surface area contributed by atoms with E-state index < -0.39 is 0 Å². The summed E-state index contributed by atoms with van der Waals surface area (Å²) in [5.41, 5.74) is 4.78. The van der Waals surface area contributed by atoms with Gasteiger partial charge in [-0.1, -0.05) is 23.9 Å². The molecule has 0 aliphatic rings. The minimum absolute atomic E-state index is 0.0719. The first-order valence-electron chi connectivity index (χ1n) is 9.17. The molecule has 1 heterocycles. The van der Waals surface area contributed by atoms with Crippen LogP contribution in [0.25, 0.3) is 0 Å². The van der Waals surface area contributed by atoms with Crippen LogP contribution in [0.15, 0.2) is 59.0 Å². The van der Waals surface area contributed by atoms with Crippen molar-refractivity contribution < 1.29 is 14.3 Å². The smallest absolute Gasteiger partial charge is 0.271 e. The number of aryl methyl sites for hydroxylation is 1. The molecular weight excluding hydrogens is 416 g/mol. The maximum Gasteiger partial charge on any atom is 0.271 e. The van der Waals surface area contributed by atoms with Crippen LogP contribution in [0.3, 0.4) is 0 Å². The minimum Gasteiger partial charge on any atom is -0.493 e. The zero-order valence-corrected chi connectivity index (χ0v) is 17.8. The molecule has 0 bridgehead atoms. The highest BCUT2D eigenvalue weighted by molar-refractivity contribution is 7.98. The number of rotatable bonds is 9. The fraction of sp³-hybridized carbons (Fsp3) is 0.190. The molecule has 1 N–H and O–H groups in total. The van der Waals surface area contributed by atoms with Crippen LogP contribution in [-0.4, -0.2) is 40.6 Å². The molecule has 10 heteroatoms. The highest BCUT2D eigenvalue weighted by Crippen LogP contribution is 2.27. The van der Waals surface area contributed by atoms with Gasteiger partial charge in [0.05, 0.1) is 13.3 Å². The molecule has 0 saturated heterocycles. The predicted octanol–water partition coefficient (Wildman–Crippen LogP) is 2.78. The Morgan fingerprint density at radius 3 is 2.77 bits per heavy atom. The van der Waals surface area contributed by atoms with Crippen molar-refractivity contribution >= 4 is 23.9 Å². The minimum atomic E-state index is -0.315. The van der Waals surface area contributed by atoms with E-state index in [-0.39, 0.29) is 12.5 Å². The van der Waals surface area contributed by atoms with Crippen molar-refractivity contribution in [2.45, 2.75) is 10.9 Å². The second kappa shape index (κ2) is 10.8. The topological polar surface area (TPSA) is 114 Å². The van der Waals surface area contributed by atoms with Gasteiger partial charge in [-0.2, -0.15) is 10.4 Å². The summed E-state index contributed by atoms with van der Waals surface area (Å²) >= 11 is 1.57. The van der Waals surface area contributed by atoms with Gasteiger partial charge >= 0.3 is 0 Å². The summed E-state index contributed by atoms with van der Waals surface area (Å²) in [6.07, 6.45) is 3.16. The number of hydrazone groups is 1. The van der Waals surface area contributed by atoms with E-state index in [1.165, 1.54) is 13.3 Å². The van der Waals surface area contributed by atoms with Crippen molar-refractivity contribution in [1.29, 1.82) is 5.26 Å². The van der Waals surface area contributed by atoms with E-state index in [1.54, 1.807) is 48.4 Å². The zero-order valence-electron chi connectivity index (χ0n) is 17.0. The van der Waals surface area contributed by atoms with Crippen LogP contribution in [0.4, 0.5) is 0 Å². The summed E-state index contributed by atoms with van der Waals surface area (Å²) in [4.78, 5) is 12.3. The molecule has 31 heavy (non-hydrogen) atoms. The molecule has 0 aliphatic heterocycles. The van der Waals surface area contributed by atoms with Gasteiger partial charge in [0, 0.05) is 18.4 Å². The number of nitrogens with zero attached hydrogens (tertiary/aromatic N) is 5. The highest BCUT2D eigenvalue weighted by atomic mass is 32.2. The number of benzene rings is 2. The first-order valence-corrected chi connectivity index (χ1v) is 10.2. The molecule has 0 aliphatic carbocycles. The quantitative estimate of drug-likeness (QED) is 0.312. The van der Waals surface area contributed by atoms with E-state index in [0.717, 1.165) is 16.5 Å². The third-order valence-electron chi connectivity index (χ3n) is 4.11. The fourth-order valence-electron chi connectivity index (χ4n) is 2.53. The Morgan fingerprint density at radius 2 is 2.10 bits per heavy atom. The maximum absolute atomic E-state index is 12.3. The third kappa shape index (κ3) is 6.07. The summed E-state index contributed by atoms with van der Waals surface area (Å²) in [7, 11) is 3.40. The molecule has 0 spiro atoms. The number of carbonyl (C=O) groups is 1. The van der Waals surface area contributed by atoms with Crippen molar-refractivity contribution in [3.8, 4) is 17.6 Å². The summed E-state index contributed by atoms with van der Waals surface area (Å²) in [6.45, 7) is -0.0719. The standard InChI is InChI=1S/C21H20N6O3S/c1-27-14-24-26-21(27)31-13-15-3-6-17(7-4-15)20(28)25-23-12-16-5-8-18(30-10-9-22)19(11-16)29-2/h3-8,11-12,14H,10,13H2,1-2H3,(H,25,28)/b23-12+. The van der Waals surface area contributed by atoms with Gasteiger partial charge in [-0.15, -0.1) is 10.2 Å². The molecule has 3 rings (SSSR count). The number of aromatic nitrogens is 3. The van der Waals surface area contributed by atoms with Crippen LogP contribution in [-0.2, 0) is 12.8 Å². The summed E-state index contributed by atoms with van der Waals surface area (Å²) in [5, 5.41) is 21.3. The second-order valence-corrected chi connectivity index (χ2v) is 7.21. The molecule has 158 valence electrons. The number of nitrogens with one attached hydrogen (secondary N) is 1. The van der Waals surface area contributed by atoms with E-state index in [2.05, 4.69) is 20.7 Å². The van der Waals surface area contributed by atoms with E-state index >= 15 is 0 Å². The van der Waals surface area contributed by atoms with Gasteiger partial charge in [-0.25, -0.2) is 5.43 Å². The number of amides is 1. The Morgan fingerprint density at radius 1 is 1.29 bits per heavy atom. The largest absolute Gasteiger partial charge is 0.493 e. The Bertz CT molecular complexity index is 1110. The molecule has 0 saturated carbocycles. The number of thioether (sulfide) groups is 1. The number of hydrogen-bond donors (Lipinski definition) is 1. The van der Waals surface area contributed by atoms with Crippen molar-refractivity contribution in [2.24, 2.45) is 12.1 Å². The zero-order chi connectivity index (χ0) is 22.1. The maximum atomic E-state index is 12.3. The monoisotopic (exact) mass is 436 g/mol. The Hall–Kier alpha value is -3.84. The molecule has 9 nitrogen and oxygen atoms in total. The molecule has 0 fully saturated rings. The Labute approximate surface area is 183 Å².